The molecule has 5 heteroatoms. The van der Waals surface area contributed by atoms with Crippen LogP contribution in [0.4, 0.5) is 0 Å². The van der Waals surface area contributed by atoms with Crippen molar-refractivity contribution in [3.8, 4) is 0 Å². The highest BCUT2D eigenvalue weighted by molar-refractivity contribution is 6.28. The van der Waals surface area contributed by atoms with Crippen molar-refractivity contribution in [1.29, 1.82) is 0 Å². The molecule has 0 radical (unpaired) electrons. The minimum absolute atomic E-state index is 0.0758. The van der Waals surface area contributed by atoms with E-state index in [4.69, 9.17) is 11.6 Å². The number of rotatable bonds is 3. The monoisotopic (exact) mass is 293 g/mol. The van der Waals surface area contributed by atoms with E-state index in [0.717, 1.165) is 17.8 Å². The van der Waals surface area contributed by atoms with Crippen LogP contribution >= 0.6 is 11.6 Å². The van der Waals surface area contributed by atoms with Gasteiger partial charge in [0.2, 0.25) is 11.2 Å². The minimum Gasteiger partial charge on any atom is -0.349 e. The van der Waals surface area contributed by atoms with Gasteiger partial charge in [-0.2, -0.15) is 0 Å². The summed E-state index contributed by atoms with van der Waals surface area (Å²) in [6.07, 6.45) is 11.1. The van der Waals surface area contributed by atoms with Gasteiger partial charge in [-0.3, -0.25) is 4.79 Å². The molecule has 4 nitrogen and oxygen atoms in total. The lowest BCUT2D eigenvalue weighted by Crippen LogP contribution is -2.60. The molecule has 1 N–H and O–H groups in total. The molecule has 4 saturated carbocycles. The van der Waals surface area contributed by atoms with E-state index in [2.05, 4.69) is 10.3 Å². The maximum Gasteiger partial charge on any atom is 0.240 e. The van der Waals surface area contributed by atoms with Crippen LogP contribution in [0.3, 0.4) is 0 Å². The highest BCUT2D eigenvalue weighted by atomic mass is 35.5. The first-order valence-electron chi connectivity index (χ1n) is 7.59. The maximum atomic E-state index is 12.3. The molecule has 0 spiro atoms. The molecule has 1 aromatic heterocycles. The molecule has 108 valence electrons. The number of amides is 1. The standard InChI is InChI=1S/C15H20ClN3O/c16-14-17-1-2-19(14)9-13(20)18-15-6-10-3-11(7-15)5-12(4-10)8-15/h1-2,10-12H,3-9H2,(H,18,20). The number of nitrogens with one attached hydrogen (secondary N) is 1. The summed E-state index contributed by atoms with van der Waals surface area (Å²) >= 11 is 5.93. The zero-order chi connectivity index (χ0) is 13.7. The highest BCUT2D eigenvalue weighted by Crippen LogP contribution is 2.55. The van der Waals surface area contributed by atoms with E-state index < -0.39 is 0 Å². The number of aromatic nitrogens is 2. The van der Waals surface area contributed by atoms with Crippen molar-refractivity contribution < 1.29 is 4.79 Å². The first-order valence-corrected chi connectivity index (χ1v) is 7.97. The molecule has 0 atom stereocenters. The predicted octanol–water partition coefficient (Wildman–Crippen LogP) is 2.62. The Kier molecular flexibility index (Phi) is 2.85. The molecule has 4 fully saturated rings. The quantitative estimate of drug-likeness (QED) is 0.931. The van der Waals surface area contributed by atoms with Crippen LogP contribution in [0.25, 0.3) is 0 Å². The van der Waals surface area contributed by atoms with Crippen LogP contribution in [-0.2, 0) is 11.3 Å². The number of carbonyl (C=O) groups excluding carboxylic acids is 1. The summed E-state index contributed by atoms with van der Waals surface area (Å²) in [5, 5.41) is 3.72. The molecule has 5 rings (SSSR count). The van der Waals surface area contributed by atoms with Gasteiger partial charge in [0, 0.05) is 17.9 Å². The van der Waals surface area contributed by atoms with Gasteiger partial charge in [0.15, 0.2) is 0 Å². The summed E-state index contributed by atoms with van der Waals surface area (Å²) in [5.41, 5.74) is 0.0822. The Morgan fingerprint density at radius 2 is 1.90 bits per heavy atom. The molecule has 20 heavy (non-hydrogen) atoms. The Balaban J connectivity index is 1.46. The average Bonchev–Trinajstić information content (AvgIpc) is 2.72. The molecule has 4 aliphatic carbocycles. The van der Waals surface area contributed by atoms with Crippen LogP contribution < -0.4 is 5.32 Å². The zero-order valence-electron chi connectivity index (χ0n) is 11.5. The summed E-state index contributed by atoms with van der Waals surface area (Å²) < 4.78 is 1.69. The first-order chi connectivity index (χ1) is 9.62. The maximum absolute atomic E-state index is 12.3. The summed E-state index contributed by atoms with van der Waals surface area (Å²) in [5.74, 6) is 2.61. The van der Waals surface area contributed by atoms with E-state index in [-0.39, 0.29) is 18.0 Å². The smallest absolute Gasteiger partial charge is 0.240 e. The topological polar surface area (TPSA) is 46.9 Å². The normalized spacial score (nSPS) is 38.1. The van der Waals surface area contributed by atoms with Gasteiger partial charge in [-0.25, -0.2) is 4.98 Å². The van der Waals surface area contributed by atoms with Gasteiger partial charge in [0.05, 0.1) is 0 Å². The summed E-state index contributed by atoms with van der Waals surface area (Å²) in [7, 11) is 0. The second-order valence-corrected chi connectivity index (χ2v) is 7.41. The van der Waals surface area contributed by atoms with E-state index in [1.165, 1.54) is 38.5 Å². The Labute approximate surface area is 123 Å². The molecule has 0 unspecified atom stereocenters. The van der Waals surface area contributed by atoms with E-state index in [1.807, 2.05) is 0 Å². The zero-order valence-corrected chi connectivity index (χ0v) is 12.3. The number of halogens is 1. The van der Waals surface area contributed by atoms with Crippen LogP contribution in [0, 0.1) is 17.8 Å². The lowest BCUT2D eigenvalue weighted by molar-refractivity contribution is -0.127. The van der Waals surface area contributed by atoms with Gasteiger partial charge in [0.1, 0.15) is 6.54 Å². The first kappa shape index (κ1) is 12.7. The number of imidazole rings is 1. The van der Waals surface area contributed by atoms with Gasteiger partial charge in [-0.1, -0.05) is 0 Å². The molecule has 0 aromatic carbocycles. The molecule has 0 saturated heterocycles. The number of hydrogen-bond acceptors (Lipinski definition) is 2. The molecular formula is C15H20ClN3O. The average molecular weight is 294 g/mol. The summed E-state index contributed by atoms with van der Waals surface area (Å²) in [4.78, 5) is 16.3. The Bertz CT molecular complexity index is 504. The SMILES string of the molecule is O=C(Cn1ccnc1Cl)NC12CC3CC(CC(C3)C1)C2. The van der Waals surface area contributed by atoms with Crippen molar-refractivity contribution >= 4 is 17.5 Å². The van der Waals surface area contributed by atoms with Gasteiger partial charge < -0.3 is 9.88 Å². The van der Waals surface area contributed by atoms with Crippen LogP contribution in [0.5, 0.6) is 0 Å². The van der Waals surface area contributed by atoms with Crippen molar-refractivity contribution in [1.82, 2.24) is 14.9 Å². The van der Waals surface area contributed by atoms with Gasteiger partial charge in [-0.15, -0.1) is 0 Å². The Hall–Kier alpha value is -1.03. The third kappa shape index (κ3) is 2.14. The van der Waals surface area contributed by atoms with Gasteiger partial charge in [-0.05, 0) is 67.9 Å². The van der Waals surface area contributed by atoms with Gasteiger partial charge >= 0.3 is 0 Å². The van der Waals surface area contributed by atoms with Crippen LogP contribution in [0.1, 0.15) is 38.5 Å². The Morgan fingerprint density at radius 3 is 2.40 bits per heavy atom. The minimum atomic E-state index is 0.0758. The molecule has 0 aliphatic heterocycles. The van der Waals surface area contributed by atoms with Crippen molar-refractivity contribution in [2.45, 2.75) is 50.6 Å². The lowest BCUT2D eigenvalue weighted by Gasteiger charge is -2.56. The van der Waals surface area contributed by atoms with E-state index in [9.17, 15) is 4.79 Å². The van der Waals surface area contributed by atoms with Crippen LogP contribution in [-0.4, -0.2) is 21.0 Å². The molecule has 1 heterocycles. The fourth-order valence-electron chi connectivity index (χ4n) is 5.18. The van der Waals surface area contributed by atoms with Crippen molar-refractivity contribution in [3.63, 3.8) is 0 Å². The molecule has 4 aliphatic rings. The second kappa shape index (κ2) is 4.48. The number of carbonyl (C=O) groups is 1. The van der Waals surface area contributed by atoms with Crippen molar-refractivity contribution in [2.24, 2.45) is 17.8 Å². The largest absolute Gasteiger partial charge is 0.349 e. The van der Waals surface area contributed by atoms with Gasteiger partial charge in [0.25, 0.3) is 0 Å². The van der Waals surface area contributed by atoms with Crippen molar-refractivity contribution in [3.05, 3.63) is 17.7 Å². The molecule has 1 amide bonds. The van der Waals surface area contributed by atoms with Crippen molar-refractivity contribution in [2.75, 3.05) is 0 Å². The second-order valence-electron chi connectivity index (χ2n) is 7.07. The van der Waals surface area contributed by atoms with E-state index in [0.29, 0.717) is 5.28 Å². The predicted molar refractivity (Wildman–Crippen MR) is 76.3 cm³/mol. The number of nitrogens with zero attached hydrogens (tertiary/aromatic N) is 2. The van der Waals surface area contributed by atoms with E-state index in [1.54, 1.807) is 17.0 Å². The van der Waals surface area contributed by atoms with Crippen LogP contribution in [0.2, 0.25) is 5.28 Å². The van der Waals surface area contributed by atoms with Crippen LogP contribution in [0.15, 0.2) is 12.4 Å². The Morgan fingerprint density at radius 1 is 1.30 bits per heavy atom. The fourth-order valence-corrected chi connectivity index (χ4v) is 5.36. The fraction of sp³-hybridized carbons (Fsp3) is 0.733. The lowest BCUT2D eigenvalue weighted by atomic mass is 9.53. The third-order valence-corrected chi connectivity index (χ3v) is 5.74. The third-order valence-electron chi connectivity index (χ3n) is 5.42. The molecule has 1 aromatic rings. The summed E-state index contributed by atoms with van der Waals surface area (Å²) in [6, 6.07) is 0. The number of hydrogen-bond donors (Lipinski definition) is 1. The highest BCUT2D eigenvalue weighted by Gasteiger charge is 2.51. The molecular weight excluding hydrogens is 274 g/mol. The summed E-state index contributed by atoms with van der Waals surface area (Å²) in [6.45, 7) is 0.278. The van der Waals surface area contributed by atoms with E-state index >= 15 is 0 Å². The molecule has 4 bridgehead atoms.